The summed E-state index contributed by atoms with van der Waals surface area (Å²) in [6.45, 7) is 4.90. The van der Waals surface area contributed by atoms with E-state index < -0.39 is 5.41 Å². The maximum absolute atomic E-state index is 12.7. The van der Waals surface area contributed by atoms with Crippen LogP contribution in [0.3, 0.4) is 0 Å². The smallest absolute Gasteiger partial charge is 0.312 e. The van der Waals surface area contributed by atoms with Crippen molar-refractivity contribution in [3.63, 3.8) is 0 Å². The molecule has 2 amide bonds. The summed E-state index contributed by atoms with van der Waals surface area (Å²) >= 11 is 5.95. The fraction of sp³-hybridized carbons (Fsp3) is 0.550. The Kier molecular flexibility index (Phi) is 7.66. The number of halogens is 1. The van der Waals surface area contributed by atoms with Crippen LogP contribution in [0.5, 0.6) is 0 Å². The summed E-state index contributed by atoms with van der Waals surface area (Å²) < 4.78 is 5.35. The van der Waals surface area contributed by atoms with Crippen molar-refractivity contribution in [2.45, 2.75) is 39.5 Å². The lowest BCUT2D eigenvalue weighted by atomic mass is 9.73. The number of benzene rings is 1. The summed E-state index contributed by atoms with van der Waals surface area (Å²) in [6.07, 6.45) is 1.95. The highest BCUT2D eigenvalue weighted by Gasteiger charge is 2.43. The van der Waals surface area contributed by atoms with Gasteiger partial charge in [-0.1, -0.05) is 23.7 Å². The number of nitrogens with one attached hydrogen (secondary N) is 1. The molecule has 27 heavy (non-hydrogen) atoms. The Morgan fingerprint density at radius 3 is 2.37 bits per heavy atom. The minimum absolute atomic E-state index is 0.00676. The molecule has 6 nitrogen and oxygen atoms in total. The number of likely N-dealkylation sites (tertiary alicyclic amines) is 1. The first-order valence-corrected chi connectivity index (χ1v) is 9.68. The van der Waals surface area contributed by atoms with Crippen LogP contribution in [0.1, 0.15) is 38.7 Å². The Bertz CT molecular complexity index is 667. The van der Waals surface area contributed by atoms with Gasteiger partial charge in [-0.05, 0) is 43.9 Å². The quantitative estimate of drug-likeness (QED) is 0.721. The Hall–Kier alpha value is -2.08. The second-order valence-electron chi connectivity index (χ2n) is 6.92. The average molecular weight is 395 g/mol. The van der Waals surface area contributed by atoms with Crippen LogP contribution >= 0.6 is 11.6 Å². The fourth-order valence-electron chi connectivity index (χ4n) is 3.42. The van der Waals surface area contributed by atoms with Crippen LogP contribution in [-0.2, 0) is 25.5 Å². The van der Waals surface area contributed by atoms with Crippen molar-refractivity contribution in [3.8, 4) is 0 Å². The van der Waals surface area contributed by atoms with E-state index in [2.05, 4.69) is 5.32 Å². The first-order valence-electron chi connectivity index (χ1n) is 9.30. The third-order valence-corrected chi connectivity index (χ3v) is 5.20. The van der Waals surface area contributed by atoms with Gasteiger partial charge in [-0.2, -0.15) is 0 Å². The van der Waals surface area contributed by atoms with E-state index in [1.807, 2.05) is 24.3 Å². The summed E-state index contributed by atoms with van der Waals surface area (Å²) in [4.78, 5) is 37.7. The van der Waals surface area contributed by atoms with E-state index in [-0.39, 0.29) is 24.2 Å². The Labute approximate surface area is 165 Å². The second-order valence-corrected chi connectivity index (χ2v) is 7.35. The van der Waals surface area contributed by atoms with Gasteiger partial charge in [-0.15, -0.1) is 0 Å². The van der Waals surface area contributed by atoms with E-state index in [1.54, 1.807) is 11.8 Å². The van der Waals surface area contributed by atoms with Crippen molar-refractivity contribution in [2.24, 2.45) is 5.41 Å². The zero-order valence-corrected chi connectivity index (χ0v) is 16.7. The Morgan fingerprint density at radius 2 is 1.81 bits per heavy atom. The molecule has 0 aliphatic carbocycles. The van der Waals surface area contributed by atoms with Gasteiger partial charge in [-0.25, -0.2) is 0 Å². The monoisotopic (exact) mass is 394 g/mol. The number of esters is 1. The topological polar surface area (TPSA) is 75.7 Å². The molecular formula is C20H27ClN2O4. The van der Waals surface area contributed by atoms with Gasteiger partial charge in [0.25, 0.3) is 0 Å². The minimum Gasteiger partial charge on any atom is -0.466 e. The molecule has 7 heteroatoms. The molecule has 0 spiro atoms. The molecule has 1 heterocycles. The van der Waals surface area contributed by atoms with Crippen molar-refractivity contribution in [3.05, 3.63) is 34.9 Å². The van der Waals surface area contributed by atoms with Gasteiger partial charge in [-0.3, -0.25) is 14.4 Å². The van der Waals surface area contributed by atoms with Crippen molar-refractivity contribution in [1.29, 1.82) is 0 Å². The first kappa shape index (κ1) is 21.2. The molecule has 1 aliphatic rings. The highest BCUT2D eigenvalue weighted by atomic mass is 35.5. The molecule has 0 aromatic heterocycles. The zero-order valence-electron chi connectivity index (χ0n) is 15.9. The molecule has 0 radical (unpaired) electrons. The second kappa shape index (κ2) is 9.74. The van der Waals surface area contributed by atoms with Crippen LogP contribution in [0.2, 0.25) is 5.02 Å². The highest BCUT2D eigenvalue weighted by Crippen LogP contribution is 2.37. The Balaban J connectivity index is 2.02. The molecule has 0 bridgehead atoms. The van der Waals surface area contributed by atoms with Crippen LogP contribution in [0, 0.1) is 5.41 Å². The van der Waals surface area contributed by atoms with Crippen LogP contribution in [-0.4, -0.2) is 48.9 Å². The molecule has 1 saturated heterocycles. The minimum atomic E-state index is -0.627. The molecule has 2 rings (SSSR count). The predicted octanol–water partition coefficient (Wildman–Crippen LogP) is 2.58. The van der Waals surface area contributed by atoms with E-state index in [1.165, 1.54) is 6.92 Å². The Morgan fingerprint density at radius 1 is 1.19 bits per heavy atom. The van der Waals surface area contributed by atoms with Gasteiger partial charge in [0, 0.05) is 38.0 Å². The lowest BCUT2D eigenvalue weighted by molar-refractivity contribution is -0.160. The fourth-order valence-corrected chi connectivity index (χ4v) is 3.54. The van der Waals surface area contributed by atoms with E-state index in [9.17, 15) is 14.4 Å². The third-order valence-electron chi connectivity index (χ3n) is 4.95. The first-order chi connectivity index (χ1) is 12.9. The number of ether oxygens (including phenoxy) is 1. The largest absolute Gasteiger partial charge is 0.466 e. The summed E-state index contributed by atoms with van der Waals surface area (Å²) in [5.74, 6) is -0.358. The number of rotatable bonds is 7. The summed E-state index contributed by atoms with van der Waals surface area (Å²) in [7, 11) is 0. The lowest BCUT2D eigenvalue weighted by Gasteiger charge is -2.40. The van der Waals surface area contributed by atoms with Gasteiger partial charge >= 0.3 is 5.97 Å². The molecule has 0 saturated carbocycles. The van der Waals surface area contributed by atoms with Crippen molar-refractivity contribution in [1.82, 2.24) is 10.2 Å². The predicted molar refractivity (Wildman–Crippen MR) is 103 cm³/mol. The van der Waals surface area contributed by atoms with Gasteiger partial charge in [0.1, 0.15) is 0 Å². The molecule has 0 unspecified atom stereocenters. The maximum atomic E-state index is 12.7. The standard InChI is InChI=1S/C20H27ClN2O4/c1-3-27-19(26)20(14-16-4-6-17(21)7-5-16)9-12-23(13-10-20)18(25)8-11-22-15(2)24/h4-7H,3,8-14H2,1-2H3,(H,22,24). The van der Waals surface area contributed by atoms with Crippen molar-refractivity contribution in [2.75, 3.05) is 26.2 Å². The summed E-state index contributed by atoms with van der Waals surface area (Å²) in [5, 5.41) is 3.29. The zero-order chi connectivity index (χ0) is 19.9. The van der Waals surface area contributed by atoms with E-state index in [4.69, 9.17) is 16.3 Å². The van der Waals surface area contributed by atoms with Gasteiger partial charge in [0.15, 0.2) is 0 Å². The number of nitrogens with zero attached hydrogens (tertiary/aromatic N) is 1. The van der Waals surface area contributed by atoms with Crippen LogP contribution in [0.15, 0.2) is 24.3 Å². The van der Waals surface area contributed by atoms with E-state index in [0.29, 0.717) is 50.5 Å². The molecule has 1 aromatic rings. The van der Waals surface area contributed by atoms with Crippen molar-refractivity contribution < 1.29 is 19.1 Å². The number of amides is 2. The molecule has 1 aliphatic heterocycles. The van der Waals surface area contributed by atoms with Crippen molar-refractivity contribution >= 4 is 29.4 Å². The number of carbonyl (C=O) groups excluding carboxylic acids is 3. The molecule has 1 aromatic carbocycles. The number of hydrogen-bond acceptors (Lipinski definition) is 4. The highest BCUT2D eigenvalue weighted by molar-refractivity contribution is 6.30. The average Bonchev–Trinajstić information content (AvgIpc) is 2.64. The van der Waals surface area contributed by atoms with Crippen LogP contribution in [0.25, 0.3) is 0 Å². The summed E-state index contributed by atoms with van der Waals surface area (Å²) in [5.41, 5.74) is 0.399. The number of piperidine rings is 1. The van der Waals surface area contributed by atoms with E-state index >= 15 is 0 Å². The molecular weight excluding hydrogens is 368 g/mol. The van der Waals surface area contributed by atoms with Gasteiger partial charge < -0.3 is 15.0 Å². The van der Waals surface area contributed by atoms with E-state index in [0.717, 1.165) is 5.56 Å². The van der Waals surface area contributed by atoms with Crippen LogP contribution in [0.4, 0.5) is 0 Å². The van der Waals surface area contributed by atoms with Crippen LogP contribution < -0.4 is 5.32 Å². The maximum Gasteiger partial charge on any atom is 0.312 e. The molecule has 148 valence electrons. The van der Waals surface area contributed by atoms with Gasteiger partial charge in [0.2, 0.25) is 11.8 Å². The summed E-state index contributed by atoms with van der Waals surface area (Å²) in [6, 6.07) is 7.48. The number of carbonyl (C=O) groups is 3. The molecule has 1 N–H and O–H groups in total. The third kappa shape index (κ3) is 5.96. The van der Waals surface area contributed by atoms with Gasteiger partial charge in [0.05, 0.1) is 12.0 Å². The SMILES string of the molecule is CCOC(=O)C1(Cc2ccc(Cl)cc2)CCN(C(=O)CCNC(C)=O)CC1. The normalized spacial score (nSPS) is 15.9. The molecule has 0 atom stereocenters. The lowest BCUT2D eigenvalue weighted by Crippen LogP contribution is -2.48. The molecule has 1 fully saturated rings. The number of hydrogen-bond donors (Lipinski definition) is 1.